The first-order valence-corrected chi connectivity index (χ1v) is 3.39. The van der Waals surface area contributed by atoms with Crippen LogP contribution < -0.4 is 0 Å². The van der Waals surface area contributed by atoms with Gasteiger partial charge in [-0.3, -0.25) is 14.4 Å². The fraction of sp³-hybridized carbons (Fsp3) is 0. The second kappa shape index (κ2) is 8.89. The number of carbonyl (C=O) groups is 4. The van der Waals surface area contributed by atoms with Gasteiger partial charge in [-0.25, -0.2) is 4.79 Å². The number of hydrogen-bond donors (Lipinski definition) is 1. The molecule has 72 valence electrons. The number of halogens is 2. The van der Waals surface area contributed by atoms with Gasteiger partial charge in [0.2, 0.25) is 0 Å². The molecule has 0 aromatic heterocycles. The molecule has 0 aliphatic heterocycles. The van der Waals surface area contributed by atoms with Crippen LogP contribution in [0.4, 0.5) is 0 Å². The summed E-state index contributed by atoms with van der Waals surface area (Å²) in [5, 5.41) is 6.89. The number of aliphatic carboxylic acids is 1. The van der Waals surface area contributed by atoms with E-state index in [2.05, 4.69) is 0 Å². The van der Waals surface area contributed by atoms with E-state index in [1.807, 2.05) is 0 Å². The maximum absolute atomic E-state index is 9.87. The largest absolute Gasteiger partial charge is 0.477 e. The maximum atomic E-state index is 9.87. The van der Waals surface area contributed by atoms with Gasteiger partial charge in [0.05, 0.1) is 0 Å². The van der Waals surface area contributed by atoms with Crippen molar-refractivity contribution in [3.63, 3.8) is 0 Å². The van der Waals surface area contributed by atoms with Crippen LogP contribution in [0.25, 0.3) is 0 Å². The third-order valence-corrected chi connectivity index (χ3v) is 1.30. The average Bonchev–Trinajstić information content (AvgIpc) is 2.15. The Bertz CT molecular complexity index is 239. The van der Waals surface area contributed by atoms with Gasteiger partial charge in [-0.2, -0.15) is 0 Å². The van der Waals surface area contributed by atoms with E-state index in [-0.39, 0.29) is 18.9 Å². The first-order chi connectivity index (χ1) is 6.01. The minimum atomic E-state index is -1.41. The predicted molar refractivity (Wildman–Crippen MR) is 44.6 cm³/mol. The fourth-order valence-corrected chi connectivity index (χ4v) is 0.279. The molecule has 1 N–H and O–H groups in total. The number of hydrogen-bond acceptors (Lipinski definition) is 4. The number of allylic oxidation sites excluding steroid dienone is 1. The lowest BCUT2D eigenvalue weighted by Gasteiger charge is -1.86. The van der Waals surface area contributed by atoms with Crippen molar-refractivity contribution in [3.05, 3.63) is 10.1 Å². The molecule has 0 rings (SSSR count). The molecule has 5 nitrogen and oxygen atoms in total. The SMILES string of the molecule is O=CC(Cl)=C(Cl)C(=O)O.O=CC=O. The molecule has 0 aromatic carbocycles. The van der Waals surface area contributed by atoms with Crippen molar-refractivity contribution in [2.45, 2.75) is 0 Å². The number of carboxylic acids is 1. The summed E-state index contributed by atoms with van der Waals surface area (Å²) < 4.78 is 0. The van der Waals surface area contributed by atoms with Gasteiger partial charge in [-0.1, -0.05) is 23.2 Å². The lowest BCUT2D eigenvalue weighted by molar-refractivity contribution is -0.132. The zero-order valence-corrected chi connectivity index (χ0v) is 7.58. The van der Waals surface area contributed by atoms with E-state index in [0.29, 0.717) is 0 Å². The van der Waals surface area contributed by atoms with E-state index in [9.17, 15) is 9.59 Å². The molecule has 0 aliphatic rings. The zero-order valence-electron chi connectivity index (χ0n) is 6.07. The van der Waals surface area contributed by atoms with Crippen molar-refractivity contribution in [2.24, 2.45) is 0 Å². The van der Waals surface area contributed by atoms with Crippen molar-refractivity contribution >= 4 is 48.0 Å². The second-order valence-corrected chi connectivity index (χ2v) is 2.14. The Morgan fingerprint density at radius 3 is 1.54 bits per heavy atom. The first-order valence-electron chi connectivity index (χ1n) is 2.63. The Morgan fingerprint density at radius 1 is 1.08 bits per heavy atom. The molecule has 0 saturated carbocycles. The van der Waals surface area contributed by atoms with Gasteiger partial charge in [0.15, 0.2) is 18.9 Å². The monoisotopic (exact) mass is 226 g/mol. The van der Waals surface area contributed by atoms with Crippen LogP contribution >= 0.6 is 23.2 Å². The number of aldehydes is 3. The molecule has 0 heterocycles. The van der Waals surface area contributed by atoms with Crippen LogP contribution in [0.2, 0.25) is 0 Å². The van der Waals surface area contributed by atoms with E-state index in [1.165, 1.54) is 0 Å². The normalized spacial score (nSPS) is 10.0. The number of carbonyl (C=O) groups excluding carboxylic acids is 3. The minimum absolute atomic E-state index is 0.165. The Hall–Kier alpha value is -1.20. The Kier molecular flexibility index (Phi) is 9.80. The first kappa shape index (κ1) is 14.3. The van der Waals surface area contributed by atoms with Gasteiger partial charge in [0.25, 0.3) is 0 Å². The summed E-state index contributed by atoms with van der Waals surface area (Å²) in [6.07, 6.45) is 0.554. The maximum Gasteiger partial charge on any atom is 0.348 e. The van der Waals surface area contributed by atoms with Crippen LogP contribution in [0, 0.1) is 0 Å². The summed E-state index contributed by atoms with van der Waals surface area (Å²) in [4.78, 5) is 37.2. The van der Waals surface area contributed by atoms with E-state index >= 15 is 0 Å². The van der Waals surface area contributed by atoms with Crippen molar-refractivity contribution in [1.29, 1.82) is 0 Å². The molecular formula is C6H4Cl2O5. The molecular weight excluding hydrogens is 223 g/mol. The summed E-state index contributed by atoms with van der Waals surface area (Å²) in [6.45, 7) is 0. The predicted octanol–water partition coefficient (Wildman–Crippen LogP) is 0.343. The van der Waals surface area contributed by atoms with Gasteiger partial charge >= 0.3 is 5.97 Å². The Balaban J connectivity index is 0. The highest BCUT2D eigenvalue weighted by molar-refractivity contribution is 6.51. The zero-order chi connectivity index (χ0) is 10.9. The smallest absolute Gasteiger partial charge is 0.348 e. The van der Waals surface area contributed by atoms with E-state index in [1.54, 1.807) is 0 Å². The van der Waals surface area contributed by atoms with Crippen molar-refractivity contribution in [1.82, 2.24) is 0 Å². The van der Waals surface area contributed by atoms with E-state index in [4.69, 9.17) is 37.9 Å². The number of rotatable bonds is 3. The summed E-state index contributed by atoms with van der Waals surface area (Å²) in [7, 11) is 0. The van der Waals surface area contributed by atoms with Crippen LogP contribution in [0.1, 0.15) is 0 Å². The quantitative estimate of drug-likeness (QED) is 0.426. The standard InChI is InChI=1S/C4H2Cl2O3.C2H2O2/c5-2(1-7)3(6)4(8)9;3-1-2-4/h1H,(H,8,9);1-2H. The molecule has 0 unspecified atom stereocenters. The van der Waals surface area contributed by atoms with Crippen LogP contribution in [-0.4, -0.2) is 29.9 Å². The summed E-state index contributed by atoms with van der Waals surface area (Å²) in [6, 6.07) is 0. The molecule has 0 bridgehead atoms. The second-order valence-electron chi connectivity index (χ2n) is 1.36. The van der Waals surface area contributed by atoms with Crippen LogP contribution in [0.3, 0.4) is 0 Å². The van der Waals surface area contributed by atoms with E-state index < -0.39 is 16.0 Å². The molecule has 0 amide bonds. The highest BCUT2D eigenvalue weighted by Gasteiger charge is 2.07. The van der Waals surface area contributed by atoms with Gasteiger partial charge in [-0.05, 0) is 0 Å². The van der Waals surface area contributed by atoms with Crippen LogP contribution in [0.5, 0.6) is 0 Å². The van der Waals surface area contributed by atoms with E-state index in [0.717, 1.165) is 0 Å². The molecule has 13 heavy (non-hydrogen) atoms. The summed E-state index contributed by atoms with van der Waals surface area (Å²) in [5.41, 5.74) is 0. The van der Waals surface area contributed by atoms with Crippen molar-refractivity contribution in [3.8, 4) is 0 Å². The third kappa shape index (κ3) is 8.71. The highest BCUT2D eigenvalue weighted by Crippen LogP contribution is 2.10. The summed E-state index contributed by atoms with van der Waals surface area (Å²) in [5.74, 6) is -1.41. The number of carboxylic acid groups (broad SMARTS) is 1. The van der Waals surface area contributed by atoms with Gasteiger partial charge in [0, 0.05) is 0 Å². The molecule has 7 heteroatoms. The summed E-state index contributed by atoms with van der Waals surface area (Å²) >= 11 is 9.99. The molecule has 0 fully saturated rings. The molecule has 0 atom stereocenters. The molecule has 0 saturated heterocycles. The lowest BCUT2D eigenvalue weighted by atomic mass is 10.5. The van der Waals surface area contributed by atoms with Gasteiger partial charge < -0.3 is 5.11 Å². The lowest BCUT2D eigenvalue weighted by Crippen LogP contribution is -1.96. The van der Waals surface area contributed by atoms with Gasteiger partial charge in [-0.15, -0.1) is 0 Å². The van der Waals surface area contributed by atoms with Crippen LogP contribution in [-0.2, 0) is 19.2 Å². The van der Waals surface area contributed by atoms with Crippen LogP contribution in [0.15, 0.2) is 10.1 Å². The molecule has 0 aliphatic carbocycles. The molecule has 0 radical (unpaired) electrons. The molecule has 0 aromatic rings. The molecule has 0 spiro atoms. The topological polar surface area (TPSA) is 88.5 Å². The van der Waals surface area contributed by atoms with Gasteiger partial charge in [0.1, 0.15) is 10.1 Å². The third-order valence-electron chi connectivity index (χ3n) is 0.556. The Labute approximate surface area is 82.9 Å². The minimum Gasteiger partial charge on any atom is -0.477 e. The Morgan fingerprint density at radius 2 is 1.46 bits per heavy atom. The highest BCUT2D eigenvalue weighted by atomic mass is 35.5. The fourth-order valence-electron chi connectivity index (χ4n) is 0.154. The van der Waals surface area contributed by atoms with Crippen molar-refractivity contribution < 1.29 is 24.3 Å². The van der Waals surface area contributed by atoms with Crippen molar-refractivity contribution in [2.75, 3.05) is 0 Å². The average molecular weight is 227 g/mol.